The van der Waals surface area contributed by atoms with Gasteiger partial charge in [-0.2, -0.15) is 4.40 Å². The lowest BCUT2D eigenvalue weighted by atomic mass is 10.6. The highest BCUT2D eigenvalue weighted by Gasteiger charge is 2.09. The van der Waals surface area contributed by atoms with Gasteiger partial charge in [-0.3, -0.25) is 0 Å². The number of aliphatic hydroxyl groups excluding tert-OH is 1. The second kappa shape index (κ2) is 2.88. The minimum Gasteiger partial charge on any atom is -0.391 e. The molecule has 12 heavy (non-hydrogen) atoms. The first-order valence-electron chi connectivity index (χ1n) is 3.94. The van der Waals surface area contributed by atoms with Crippen LogP contribution in [0.25, 0.3) is 4.83 Å². The molecule has 0 aromatic carbocycles. The minimum atomic E-state index is 0.137. The Kier molecular flexibility index (Phi) is 1.86. The zero-order valence-electron chi connectivity index (χ0n) is 6.90. The lowest BCUT2D eigenvalue weighted by Gasteiger charge is -1.82. The van der Waals surface area contributed by atoms with Crippen LogP contribution < -0.4 is 4.57 Å². The van der Waals surface area contributed by atoms with E-state index in [-0.39, 0.29) is 6.61 Å². The number of nitrogens with zero attached hydrogens (tertiary/aromatic N) is 2. The van der Waals surface area contributed by atoms with E-state index in [0.717, 1.165) is 11.4 Å². The summed E-state index contributed by atoms with van der Waals surface area (Å²) >= 11 is 1.63. The molecule has 2 heterocycles. The molecule has 0 aliphatic heterocycles. The molecule has 2 rings (SSSR count). The lowest BCUT2D eigenvalue weighted by molar-refractivity contribution is -0.692. The van der Waals surface area contributed by atoms with Gasteiger partial charge in [-0.25, -0.2) is 4.57 Å². The predicted molar refractivity (Wildman–Crippen MR) is 47.1 cm³/mol. The number of imidazole rings is 1. The fourth-order valence-corrected chi connectivity index (χ4v) is 2.09. The van der Waals surface area contributed by atoms with E-state index in [1.54, 1.807) is 11.3 Å². The van der Waals surface area contributed by atoms with Gasteiger partial charge in [0.05, 0.1) is 18.0 Å². The lowest BCUT2D eigenvalue weighted by Crippen LogP contribution is -2.28. The van der Waals surface area contributed by atoms with Gasteiger partial charge in [-0.15, -0.1) is 0 Å². The number of aryl methyl sites for hydroxylation is 1. The number of hydrogen-bond donors (Lipinski definition) is 1. The highest BCUT2D eigenvalue weighted by molar-refractivity contribution is 7.17. The van der Waals surface area contributed by atoms with Crippen LogP contribution in [0.1, 0.15) is 11.8 Å². The van der Waals surface area contributed by atoms with Crippen LogP contribution in [0, 0.1) is 0 Å². The average molecular weight is 183 g/mol. The molecule has 0 saturated heterocycles. The maximum atomic E-state index is 8.87. The van der Waals surface area contributed by atoms with Crippen molar-refractivity contribution in [3.63, 3.8) is 0 Å². The molecule has 0 aliphatic rings. The first-order chi connectivity index (χ1) is 5.83. The van der Waals surface area contributed by atoms with Crippen LogP contribution in [-0.4, -0.2) is 9.51 Å². The van der Waals surface area contributed by atoms with Crippen molar-refractivity contribution in [1.82, 2.24) is 4.40 Å². The molecule has 0 unspecified atom stereocenters. The van der Waals surface area contributed by atoms with Crippen LogP contribution in [0.15, 0.2) is 18.7 Å². The zero-order valence-corrected chi connectivity index (χ0v) is 7.71. The van der Waals surface area contributed by atoms with E-state index >= 15 is 0 Å². The van der Waals surface area contributed by atoms with Crippen molar-refractivity contribution in [1.29, 1.82) is 0 Å². The van der Waals surface area contributed by atoms with Crippen LogP contribution >= 0.6 is 11.3 Å². The number of aliphatic hydroxyl groups is 1. The van der Waals surface area contributed by atoms with Gasteiger partial charge in [-0.05, 0) is 6.92 Å². The summed E-state index contributed by atoms with van der Waals surface area (Å²) < 4.78 is 4.16. The van der Waals surface area contributed by atoms with Gasteiger partial charge < -0.3 is 5.11 Å². The fraction of sp³-hybridized carbons (Fsp3) is 0.375. The summed E-state index contributed by atoms with van der Waals surface area (Å²) in [5.41, 5.74) is 0. The molecule has 0 bridgehead atoms. The maximum absolute atomic E-state index is 8.87. The molecule has 64 valence electrons. The van der Waals surface area contributed by atoms with Crippen molar-refractivity contribution < 1.29 is 9.67 Å². The highest BCUT2D eigenvalue weighted by atomic mass is 32.1. The van der Waals surface area contributed by atoms with Gasteiger partial charge in [-0.1, -0.05) is 11.3 Å². The van der Waals surface area contributed by atoms with E-state index in [1.165, 1.54) is 4.83 Å². The summed E-state index contributed by atoms with van der Waals surface area (Å²) in [4.78, 5) is 2.19. The third kappa shape index (κ3) is 1.13. The summed E-state index contributed by atoms with van der Waals surface area (Å²) in [7, 11) is 0. The Hall–Kier alpha value is -0.870. The largest absolute Gasteiger partial charge is 0.391 e. The molecular formula is C8H11N2OS+. The van der Waals surface area contributed by atoms with Crippen LogP contribution in [0.2, 0.25) is 0 Å². The topological polar surface area (TPSA) is 28.5 Å². The van der Waals surface area contributed by atoms with Gasteiger partial charge in [0.15, 0.2) is 0 Å². The Labute approximate surface area is 74.5 Å². The Balaban J connectivity index is 2.52. The van der Waals surface area contributed by atoms with E-state index in [9.17, 15) is 0 Å². The highest BCUT2D eigenvalue weighted by Crippen LogP contribution is 2.15. The quantitative estimate of drug-likeness (QED) is 0.685. The minimum absolute atomic E-state index is 0.137. The van der Waals surface area contributed by atoms with E-state index in [4.69, 9.17) is 5.11 Å². The van der Waals surface area contributed by atoms with Crippen molar-refractivity contribution in [3.05, 3.63) is 23.6 Å². The van der Waals surface area contributed by atoms with Crippen molar-refractivity contribution in [2.24, 2.45) is 0 Å². The second-order valence-corrected chi connectivity index (χ2v) is 3.82. The Bertz CT molecular complexity index is 326. The molecule has 3 nitrogen and oxygen atoms in total. The summed E-state index contributed by atoms with van der Waals surface area (Å²) in [5.74, 6) is 0. The van der Waals surface area contributed by atoms with Crippen LogP contribution in [0.3, 0.4) is 0 Å². The van der Waals surface area contributed by atoms with Crippen molar-refractivity contribution in [3.8, 4) is 0 Å². The molecule has 0 radical (unpaired) electrons. The van der Waals surface area contributed by atoms with Gasteiger partial charge in [0.1, 0.15) is 12.4 Å². The van der Waals surface area contributed by atoms with E-state index in [1.807, 2.05) is 16.9 Å². The summed E-state index contributed by atoms with van der Waals surface area (Å²) in [5, 5.41) is 8.87. The van der Waals surface area contributed by atoms with Gasteiger partial charge in [0.2, 0.25) is 11.2 Å². The van der Waals surface area contributed by atoms with E-state index in [2.05, 4.69) is 17.7 Å². The Morgan fingerprint density at radius 1 is 1.67 bits per heavy atom. The molecule has 2 aromatic heterocycles. The predicted octanol–water partition coefficient (Wildman–Crippen LogP) is 0.800. The molecule has 1 N–H and O–H groups in total. The molecule has 4 heteroatoms. The smallest absolute Gasteiger partial charge is 0.249 e. The average Bonchev–Trinajstić information content (AvgIpc) is 2.59. The number of hydrogen-bond acceptors (Lipinski definition) is 2. The summed E-state index contributed by atoms with van der Waals surface area (Å²) in [6, 6.07) is 0. The Morgan fingerprint density at radius 2 is 2.50 bits per heavy atom. The van der Waals surface area contributed by atoms with Crippen LogP contribution in [0.5, 0.6) is 0 Å². The molecular weight excluding hydrogens is 172 g/mol. The molecule has 0 fully saturated rings. The number of rotatable bonds is 2. The van der Waals surface area contributed by atoms with Crippen molar-refractivity contribution in [2.45, 2.75) is 20.1 Å². The third-order valence-electron chi connectivity index (χ3n) is 1.84. The van der Waals surface area contributed by atoms with Crippen LogP contribution in [-0.2, 0) is 13.2 Å². The standard InChI is InChI=1S/C8H11N2OS/c1-2-9-4-8-10(6-9)3-7(5-11)12-8/h3-4,6,11H,2,5H2,1H3/q+1. The second-order valence-electron chi connectivity index (χ2n) is 2.68. The Morgan fingerprint density at radius 3 is 3.08 bits per heavy atom. The van der Waals surface area contributed by atoms with E-state index < -0.39 is 0 Å². The molecule has 0 spiro atoms. The summed E-state index contributed by atoms with van der Waals surface area (Å²) in [6.45, 7) is 3.23. The monoisotopic (exact) mass is 183 g/mol. The van der Waals surface area contributed by atoms with Crippen molar-refractivity contribution in [2.75, 3.05) is 0 Å². The fourth-order valence-electron chi connectivity index (χ4n) is 1.20. The number of thiazole rings is 1. The molecule has 0 saturated carbocycles. The number of aromatic nitrogens is 2. The van der Waals surface area contributed by atoms with Gasteiger partial charge in [0, 0.05) is 0 Å². The van der Waals surface area contributed by atoms with Gasteiger partial charge in [0.25, 0.3) is 0 Å². The first kappa shape index (κ1) is 7.76. The molecule has 2 aromatic rings. The molecule has 0 aliphatic carbocycles. The molecule has 0 atom stereocenters. The summed E-state index contributed by atoms with van der Waals surface area (Å²) in [6.07, 6.45) is 6.08. The normalized spacial score (nSPS) is 11.2. The van der Waals surface area contributed by atoms with E-state index in [0.29, 0.717) is 0 Å². The van der Waals surface area contributed by atoms with Gasteiger partial charge >= 0.3 is 0 Å². The molecule has 0 amide bonds. The SMILES string of the molecule is CC[n+]1cc2sc(CO)cn2c1. The number of fused-ring (bicyclic) bond motifs is 1. The first-order valence-corrected chi connectivity index (χ1v) is 4.75. The van der Waals surface area contributed by atoms with Crippen LogP contribution in [0.4, 0.5) is 0 Å². The third-order valence-corrected chi connectivity index (χ3v) is 2.87. The van der Waals surface area contributed by atoms with Crippen molar-refractivity contribution >= 4 is 16.2 Å². The maximum Gasteiger partial charge on any atom is 0.249 e. The zero-order chi connectivity index (χ0) is 8.55.